The van der Waals surface area contributed by atoms with Gasteiger partial charge in [-0.1, -0.05) is 13.8 Å². The molecule has 1 atom stereocenters. The predicted octanol–water partition coefficient (Wildman–Crippen LogP) is 3.31. The Hall–Kier alpha value is -1.95. The maximum absolute atomic E-state index is 13.0. The molecule has 3 fully saturated rings. The van der Waals surface area contributed by atoms with Gasteiger partial charge in [-0.2, -0.15) is 0 Å². The van der Waals surface area contributed by atoms with Crippen LogP contribution in [0.4, 0.5) is 5.82 Å². The van der Waals surface area contributed by atoms with Crippen molar-refractivity contribution in [1.29, 1.82) is 0 Å². The quantitative estimate of drug-likeness (QED) is 0.760. The number of carbonyl (C=O) groups excluding carboxylic acids is 2. The zero-order valence-corrected chi connectivity index (χ0v) is 17.7. The van der Waals surface area contributed by atoms with Gasteiger partial charge < -0.3 is 14.5 Å². The van der Waals surface area contributed by atoms with E-state index < -0.39 is 0 Å². The number of carbonyl (C=O) groups is 2. The van der Waals surface area contributed by atoms with Gasteiger partial charge in [0.1, 0.15) is 11.6 Å². The van der Waals surface area contributed by atoms with E-state index in [0.717, 1.165) is 57.7 Å². The van der Waals surface area contributed by atoms with Crippen molar-refractivity contribution in [2.75, 3.05) is 37.7 Å². The lowest BCUT2D eigenvalue weighted by atomic mass is 9.84. The molecule has 4 heterocycles. The van der Waals surface area contributed by atoms with Crippen LogP contribution in [0.25, 0.3) is 0 Å². The molecule has 0 aliphatic carbocycles. The summed E-state index contributed by atoms with van der Waals surface area (Å²) in [4.78, 5) is 34.1. The summed E-state index contributed by atoms with van der Waals surface area (Å²) in [7, 11) is 0. The van der Waals surface area contributed by atoms with Crippen molar-refractivity contribution < 1.29 is 14.3 Å². The third-order valence-corrected chi connectivity index (χ3v) is 6.73. The second-order valence-corrected chi connectivity index (χ2v) is 9.33. The number of hydrogen-bond donors (Lipinski definition) is 0. The monoisotopic (exact) mass is 399 g/mol. The Morgan fingerprint density at radius 1 is 1.21 bits per heavy atom. The zero-order chi connectivity index (χ0) is 20.4. The molecule has 29 heavy (non-hydrogen) atoms. The first-order chi connectivity index (χ1) is 14.0. The molecule has 0 N–H and O–H groups in total. The van der Waals surface area contributed by atoms with Crippen LogP contribution in [0.1, 0.15) is 62.7 Å². The van der Waals surface area contributed by atoms with Crippen LogP contribution >= 0.6 is 0 Å². The summed E-state index contributed by atoms with van der Waals surface area (Å²) in [6.45, 7) is 8.20. The van der Waals surface area contributed by atoms with Crippen LogP contribution in [0, 0.1) is 11.8 Å². The highest BCUT2D eigenvalue weighted by Crippen LogP contribution is 2.37. The van der Waals surface area contributed by atoms with E-state index in [9.17, 15) is 9.59 Å². The van der Waals surface area contributed by atoms with Gasteiger partial charge in [0.2, 0.25) is 0 Å². The minimum atomic E-state index is -0.0169. The fourth-order valence-electron chi connectivity index (χ4n) is 4.80. The number of nitrogens with zero attached hydrogens (tertiary/aromatic N) is 3. The summed E-state index contributed by atoms with van der Waals surface area (Å²) >= 11 is 0. The highest BCUT2D eigenvalue weighted by atomic mass is 16.5. The Labute approximate surface area is 173 Å². The summed E-state index contributed by atoms with van der Waals surface area (Å²) < 4.78 is 5.79. The Morgan fingerprint density at radius 2 is 1.97 bits per heavy atom. The van der Waals surface area contributed by atoms with Crippen LogP contribution in [0.2, 0.25) is 0 Å². The number of piperidine rings is 2. The molecule has 1 unspecified atom stereocenters. The standard InChI is InChI=1S/C23H33N3O3/c1-17(2)14-20(27)19-4-3-10-26(16-19)22(28)18-5-6-21(24-15-18)25-11-7-23(8-12-25)9-13-29-23/h5-6,15,17,19H,3-4,7-14,16H2,1-2H3. The molecule has 6 heteroatoms. The molecule has 0 bridgehead atoms. The Kier molecular flexibility index (Phi) is 5.91. The first-order valence-electron chi connectivity index (χ1n) is 11.1. The number of hydrogen-bond acceptors (Lipinski definition) is 5. The van der Waals surface area contributed by atoms with Crippen LogP contribution in [0.3, 0.4) is 0 Å². The number of anilines is 1. The van der Waals surface area contributed by atoms with E-state index in [1.54, 1.807) is 6.20 Å². The van der Waals surface area contributed by atoms with E-state index in [-0.39, 0.29) is 17.4 Å². The molecule has 6 nitrogen and oxygen atoms in total. The van der Waals surface area contributed by atoms with Crippen molar-refractivity contribution in [3.05, 3.63) is 23.9 Å². The largest absolute Gasteiger partial charge is 0.375 e. The molecule has 1 spiro atoms. The lowest BCUT2D eigenvalue weighted by Gasteiger charge is -2.47. The molecule has 4 rings (SSSR count). The fraction of sp³-hybridized carbons (Fsp3) is 0.696. The number of rotatable bonds is 5. The molecule has 0 aromatic carbocycles. The number of ether oxygens (including phenoxy) is 1. The second kappa shape index (κ2) is 8.42. The maximum Gasteiger partial charge on any atom is 0.255 e. The van der Waals surface area contributed by atoms with Crippen molar-refractivity contribution in [2.45, 2.75) is 58.0 Å². The number of pyridine rings is 1. The highest BCUT2D eigenvalue weighted by molar-refractivity contribution is 5.94. The minimum Gasteiger partial charge on any atom is -0.375 e. The first kappa shape index (κ1) is 20.3. The lowest BCUT2D eigenvalue weighted by Crippen LogP contribution is -2.52. The van der Waals surface area contributed by atoms with Gasteiger partial charge in [0.15, 0.2) is 0 Å². The summed E-state index contributed by atoms with van der Waals surface area (Å²) in [6, 6.07) is 3.84. The van der Waals surface area contributed by atoms with Gasteiger partial charge in [0.25, 0.3) is 5.91 Å². The summed E-state index contributed by atoms with van der Waals surface area (Å²) in [5.41, 5.74) is 0.742. The van der Waals surface area contributed by atoms with Gasteiger partial charge in [-0.15, -0.1) is 0 Å². The predicted molar refractivity (Wildman–Crippen MR) is 112 cm³/mol. The lowest BCUT2D eigenvalue weighted by molar-refractivity contribution is -0.158. The van der Waals surface area contributed by atoms with Crippen molar-refractivity contribution in [3.63, 3.8) is 0 Å². The van der Waals surface area contributed by atoms with Crippen molar-refractivity contribution in [1.82, 2.24) is 9.88 Å². The van der Waals surface area contributed by atoms with Crippen LogP contribution in [0.15, 0.2) is 18.3 Å². The average molecular weight is 400 g/mol. The van der Waals surface area contributed by atoms with E-state index in [0.29, 0.717) is 30.2 Å². The van der Waals surface area contributed by atoms with Crippen molar-refractivity contribution in [2.24, 2.45) is 11.8 Å². The fourth-order valence-corrected chi connectivity index (χ4v) is 4.80. The molecule has 3 aliphatic heterocycles. The molecule has 3 aliphatic rings. The van der Waals surface area contributed by atoms with Gasteiger partial charge in [-0.25, -0.2) is 4.98 Å². The van der Waals surface area contributed by atoms with Crippen LogP contribution < -0.4 is 4.90 Å². The normalized spacial score (nSPS) is 23.9. The Bertz CT molecular complexity index is 732. The first-order valence-corrected chi connectivity index (χ1v) is 11.1. The molecule has 0 saturated carbocycles. The Balaban J connectivity index is 1.34. The minimum absolute atomic E-state index is 0.00781. The van der Waals surface area contributed by atoms with Crippen LogP contribution in [0.5, 0.6) is 0 Å². The number of Topliss-reactive ketones (excluding diaryl/α,β-unsaturated/α-hetero) is 1. The third-order valence-electron chi connectivity index (χ3n) is 6.73. The van der Waals surface area contributed by atoms with E-state index in [1.165, 1.54) is 6.42 Å². The van der Waals surface area contributed by atoms with Crippen molar-refractivity contribution in [3.8, 4) is 0 Å². The molecular formula is C23H33N3O3. The summed E-state index contributed by atoms with van der Waals surface area (Å²) in [5.74, 6) is 1.57. The van der Waals surface area contributed by atoms with Gasteiger partial charge in [0, 0.05) is 44.7 Å². The van der Waals surface area contributed by atoms with E-state index in [2.05, 4.69) is 23.7 Å². The number of amides is 1. The smallest absolute Gasteiger partial charge is 0.255 e. The van der Waals surface area contributed by atoms with E-state index in [4.69, 9.17) is 4.74 Å². The van der Waals surface area contributed by atoms with Gasteiger partial charge in [-0.05, 0) is 50.2 Å². The van der Waals surface area contributed by atoms with E-state index in [1.807, 2.05) is 17.0 Å². The molecular weight excluding hydrogens is 366 g/mol. The van der Waals surface area contributed by atoms with E-state index >= 15 is 0 Å². The molecule has 0 radical (unpaired) electrons. The Morgan fingerprint density at radius 3 is 2.55 bits per heavy atom. The number of aromatic nitrogens is 1. The molecule has 158 valence electrons. The van der Waals surface area contributed by atoms with Gasteiger partial charge >= 0.3 is 0 Å². The third kappa shape index (κ3) is 4.47. The van der Waals surface area contributed by atoms with Crippen LogP contribution in [-0.2, 0) is 9.53 Å². The van der Waals surface area contributed by atoms with Crippen molar-refractivity contribution >= 4 is 17.5 Å². The molecule has 3 saturated heterocycles. The van der Waals surface area contributed by atoms with Gasteiger partial charge in [0.05, 0.1) is 17.8 Å². The highest BCUT2D eigenvalue weighted by Gasteiger charge is 2.41. The molecule has 1 aromatic heterocycles. The number of ketones is 1. The van der Waals surface area contributed by atoms with Gasteiger partial charge in [-0.3, -0.25) is 9.59 Å². The maximum atomic E-state index is 13.0. The SMILES string of the molecule is CC(C)CC(=O)C1CCCN(C(=O)c2ccc(N3CCC4(CCO4)CC3)nc2)C1. The molecule has 1 amide bonds. The average Bonchev–Trinajstić information content (AvgIpc) is 2.72. The summed E-state index contributed by atoms with van der Waals surface area (Å²) in [6.07, 6.45) is 7.37. The second-order valence-electron chi connectivity index (χ2n) is 9.33. The topological polar surface area (TPSA) is 62.7 Å². The zero-order valence-electron chi connectivity index (χ0n) is 17.7. The summed E-state index contributed by atoms with van der Waals surface area (Å²) in [5, 5.41) is 0. The number of likely N-dealkylation sites (tertiary alicyclic amines) is 1. The van der Waals surface area contributed by atoms with Crippen LogP contribution in [-0.4, -0.2) is 60.0 Å². The molecule has 1 aromatic rings.